The van der Waals surface area contributed by atoms with Gasteiger partial charge in [-0.15, -0.1) is 0 Å². The Kier molecular flexibility index (Phi) is 4.50. The van der Waals surface area contributed by atoms with Gasteiger partial charge < -0.3 is 10.1 Å². The number of anilines is 2. The van der Waals surface area contributed by atoms with Crippen LogP contribution < -0.4 is 20.3 Å². The van der Waals surface area contributed by atoms with Gasteiger partial charge in [0.15, 0.2) is 11.6 Å². The highest BCUT2D eigenvalue weighted by atomic mass is 16.5. The summed E-state index contributed by atoms with van der Waals surface area (Å²) >= 11 is 0. The predicted molar refractivity (Wildman–Crippen MR) is 89.4 cm³/mol. The zero-order chi connectivity index (χ0) is 18.0. The fourth-order valence-corrected chi connectivity index (χ4v) is 2.75. The van der Waals surface area contributed by atoms with Gasteiger partial charge >= 0.3 is 6.03 Å². The molecule has 1 aliphatic heterocycles. The Morgan fingerprint density at radius 1 is 1.44 bits per heavy atom. The summed E-state index contributed by atoms with van der Waals surface area (Å²) in [5.41, 5.74) is 0.829. The van der Waals surface area contributed by atoms with Crippen molar-refractivity contribution in [3.05, 3.63) is 24.3 Å². The van der Waals surface area contributed by atoms with Crippen LogP contribution in [0.25, 0.3) is 0 Å². The van der Waals surface area contributed by atoms with E-state index in [2.05, 4.69) is 25.7 Å². The Balaban J connectivity index is 1.65. The summed E-state index contributed by atoms with van der Waals surface area (Å²) in [5.74, 6) is 1.11. The molecule has 10 nitrogen and oxygen atoms in total. The van der Waals surface area contributed by atoms with Crippen LogP contribution >= 0.6 is 0 Å². The number of rotatable bonds is 4. The molecule has 132 valence electrons. The molecule has 1 saturated heterocycles. The molecule has 1 fully saturated rings. The van der Waals surface area contributed by atoms with Crippen LogP contribution in [0.15, 0.2) is 18.6 Å². The van der Waals surface area contributed by atoms with Crippen molar-refractivity contribution in [3.63, 3.8) is 0 Å². The lowest BCUT2D eigenvalue weighted by molar-refractivity contribution is -0.118. The molecule has 3 amide bonds. The summed E-state index contributed by atoms with van der Waals surface area (Å²) in [4.78, 5) is 34.1. The lowest BCUT2D eigenvalue weighted by Gasteiger charge is -2.17. The Morgan fingerprint density at radius 2 is 2.24 bits per heavy atom. The number of aromatic nitrogens is 4. The highest BCUT2D eigenvalue weighted by Gasteiger charge is 2.35. The smallest absolute Gasteiger partial charge is 0.321 e. The number of carbonyl (C=O) groups is 2. The molecule has 2 aromatic heterocycles. The molecule has 2 N–H and O–H groups in total. The van der Waals surface area contributed by atoms with E-state index >= 15 is 0 Å². The molecule has 0 spiro atoms. The van der Waals surface area contributed by atoms with Gasteiger partial charge in [0.05, 0.1) is 19.0 Å². The molecule has 2 aromatic rings. The van der Waals surface area contributed by atoms with Crippen molar-refractivity contribution in [1.82, 2.24) is 25.1 Å². The lowest BCUT2D eigenvalue weighted by atomic mass is 10.2. The molecule has 0 radical (unpaired) electrons. The van der Waals surface area contributed by atoms with Gasteiger partial charge in [-0.1, -0.05) is 0 Å². The number of nitrogens with zero attached hydrogens (tertiary/aromatic N) is 5. The maximum absolute atomic E-state index is 12.6. The standard InChI is InChI=1S/C15H19N7O3/c1-9-6-12(21(2)20-9)22-5-4-10(14(22)23)18-15(24)19-13-11(25-3)7-16-8-17-13/h6-8,10H,4-5H2,1-3H3,(H2,16,17,18,19,24). The minimum atomic E-state index is -0.608. The second-order valence-electron chi connectivity index (χ2n) is 5.64. The average molecular weight is 345 g/mol. The maximum Gasteiger partial charge on any atom is 0.321 e. The third-order valence-corrected chi connectivity index (χ3v) is 3.90. The molecular weight excluding hydrogens is 326 g/mol. The molecule has 0 aliphatic carbocycles. The summed E-state index contributed by atoms with van der Waals surface area (Å²) in [6.07, 6.45) is 3.25. The number of methoxy groups -OCH3 is 1. The number of ether oxygens (including phenoxy) is 1. The molecule has 1 aliphatic rings. The SMILES string of the molecule is COc1cncnc1NC(=O)NC1CCN(c2cc(C)nn2C)C1=O. The first-order valence-electron chi connectivity index (χ1n) is 7.73. The van der Waals surface area contributed by atoms with E-state index in [0.29, 0.717) is 24.5 Å². The van der Waals surface area contributed by atoms with Crippen molar-refractivity contribution in [2.24, 2.45) is 7.05 Å². The van der Waals surface area contributed by atoms with Gasteiger partial charge in [-0.2, -0.15) is 5.10 Å². The van der Waals surface area contributed by atoms with Crippen LogP contribution in [0.1, 0.15) is 12.1 Å². The normalized spacial score (nSPS) is 16.8. The minimum absolute atomic E-state index is 0.173. The van der Waals surface area contributed by atoms with E-state index in [4.69, 9.17) is 4.74 Å². The van der Waals surface area contributed by atoms with E-state index in [9.17, 15) is 9.59 Å². The molecule has 3 heterocycles. The number of hydrogen-bond donors (Lipinski definition) is 2. The van der Waals surface area contributed by atoms with Gasteiger partial charge in [0.2, 0.25) is 0 Å². The van der Waals surface area contributed by atoms with E-state index in [1.165, 1.54) is 19.6 Å². The molecule has 0 saturated carbocycles. The first-order chi connectivity index (χ1) is 12.0. The highest BCUT2D eigenvalue weighted by Crippen LogP contribution is 2.22. The zero-order valence-electron chi connectivity index (χ0n) is 14.2. The molecule has 10 heteroatoms. The van der Waals surface area contributed by atoms with Crippen LogP contribution in [0.4, 0.5) is 16.4 Å². The van der Waals surface area contributed by atoms with E-state index in [1.807, 2.05) is 13.0 Å². The van der Waals surface area contributed by atoms with Crippen LogP contribution in [0.2, 0.25) is 0 Å². The van der Waals surface area contributed by atoms with E-state index < -0.39 is 12.1 Å². The predicted octanol–water partition coefficient (Wildman–Crippen LogP) is 0.454. The second-order valence-corrected chi connectivity index (χ2v) is 5.64. The average Bonchev–Trinajstić information content (AvgIpc) is 3.10. The number of carbonyl (C=O) groups excluding carboxylic acids is 2. The van der Waals surface area contributed by atoms with Crippen molar-refractivity contribution in [3.8, 4) is 5.75 Å². The number of amides is 3. The fraction of sp³-hybridized carbons (Fsp3) is 0.400. The molecule has 1 unspecified atom stereocenters. The third-order valence-electron chi connectivity index (χ3n) is 3.90. The third kappa shape index (κ3) is 3.37. The zero-order valence-corrected chi connectivity index (χ0v) is 14.2. The van der Waals surface area contributed by atoms with Gasteiger partial charge in [-0.25, -0.2) is 14.8 Å². The van der Waals surface area contributed by atoms with E-state index in [0.717, 1.165) is 5.69 Å². The summed E-state index contributed by atoms with van der Waals surface area (Å²) in [7, 11) is 3.24. The van der Waals surface area contributed by atoms with Gasteiger partial charge in [0.1, 0.15) is 18.2 Å². The molecule has 0 bridgehead atoms. The monoisotopic (exact) mass is 345 g/mol. The van der Waals surface area contributed by atoms with Gasteiger partial charge in [-0.05, 0) is 13.3 Å². The van der Waals surface area contributed by atoms with Crippen LogP contribution in [-0.4, -0.2) is 51.4 Å². The Labute approximate surface area is 144 Å². The number of urea groups is 1. The maximum atomic E-state index is 12.6. The van der Waals surface area contributed by atoms with Gasteiger partial charge in [-0.3, -0.25) is 19.7 Å². The number of nitrogens with one attached hydrogen (secondary N) is 2. The topological polar surface area (TPSA) is 114 Å². The van der Waals surface area contributed by atoms with E-state index in [1.54, 1.807) is 16.6 Å². The van der Waals surface area contributed by atoms with Crippen molar-refractivity contribution in [1.29, 1.82) is 0 Å². The summed E-state index contributed by atoms with van der Waals surface area (Å²) in [6, 6.07) is 0.702. The molecular formula is C15H19N7O3. The number of hydrogen-bond acceptors (Lipinski definition) is 6. The fourth-order valence-electron chi connectivity index (χ4n) is 2.75. The van der Waals surface area contributed by atoms with Crippen molar-refractivity contribution >= 4 is 23.6 Å². The first-order valence-corrected chi connectivity index (χ1v) is 7.73. The van der Waals surface area contributed by atoms with Crippen LogP contribution in [0.3, 0.4) is 0 Å². The van der Waals surface area contributed by atoms with E-state index in [-0.39, 0.29) is 11.7 Å². The minimum Gasteiger partial charge on any atom is -0.491 e. The lowest BCUT2D eigenvalue weighted by Crippen LogP contribution is -2.43. The molecule has 0 aromatic carbocycles. The summed E-state index contributed by atoms with van der Waals surface area (Å²) in [5, 5.41) is 9.48. The highest BCUT2D eigenvalue weighted by molar-refractivity contribution is 6.02. The summed E-state index contributed by atoms with van der Waals surface area (Å²) in [6.45, 7) is 2.38. The largest absolute Gasteiger partial charge is 0.491 e. The van der Waals surface area contributed by atoms with Crippen LogP contribution in [0, 0.1) is 6.92 Å². The molecule has 25 heavy (non-hydrogen) atoms. The molecule has 1 atom stereocenters. The summed E-state index contributed by atoms with van der Waals surface area (Å²) < 4.78 is 6.73. The van der Waals surface area contributed by atoms with Crippen LogP contribution in [0.5, 0.6) is 5.75 Å². The second kappa shape index (κ2) is 6.75. The van der Waals surface area contributed by atoms with Gasteiger partial charge in [0.25, 0.3) is 5.91 Å². The van der Waals surface area contributed by atoms with Crippen LogP contribution in [-0.2, 0) is 11.8 Å². The Hall–Kier alpha value is -3.17. The van der Waals surface area contributed by atoms with Crippen molar-refractivity contribution in [2.45, 2.75) is 19.4 Å². The Morgan fingerprint density at radius 3 is 2.92 bits per heavy atom. The first kappa shape index (κ1) is 16.7. The molecule has 3 rings (SSSR count). The Bertz CT molecular complexity index is 804. The van der Waals surface area contributed by atoms with Crippen molar-refractivity contribution < 1.29 is 14.3 Å². The van der Waals surface area contributed by atoms with Gasteiger partial charge in [0, 0.05) is 19.7 Å². The van der Waals surface area contributed by atoms with Crippen molar-refractivity contribution in [2.75, 3.05) is 23.9 Å². The number of aryl methyl sites for hydroxylation is 2. The quantitative estimate of drug-likeness (QED) is 0.832.